The van der Waals surface area contributed by atoms with Gasteiger partial charge < -0.3 is 10.4 Å². The number of aromatic carboxylic acids is 1. The van der Waals surface area contributed by atoms with Crippen molar-refractivity contribution in [2.45, 2.75) is 0 Å². The van der Waals surface area contributed by atoms with Gasteiger partial charge in [0.1, 0.15) is 6.67 Å². The fraction of sp³-hybridized carbons (Fsp3) is 0.0909. The number of carboxylic acid groups (broad SMARTS) is 1. The van der Waals surface area contributed by atoms with E-state index in [4.69, 9.17) is 5.11 Å². The van der Waals surface area contributed by atoms with E-state index in [1.54, 1.807) is 6.07 Å². The van der Waals surface area contributed by atoms with Gasteiger partial charge in [-0.2, -0.15) is 0 Å². The third-order valence-electron chi connectivity index (χ3n) is 1.83. The number of hydrogen-bond donors (Lipinski definition) is 2. The van der Waals surface area contributed by atoms with Crippen LogP contribution in [0.3, 0.4) is 0 Å². The Kier molecular flexibility index (Phi) is 4.84. The lowest BCUT2D eigenvalue weighted by atomic mass is 10.2. The van der Waals surface area contributed by atoms with E-state index in [9.17, 15) is 14.0 Å². The van der Waals surface area contributed by atoms with Crippen molar-refractivity contribution in [3.63, 3.8) is 0 Å². The van der Waals surface area contributed by atoms with Crippen LogP contribution >= 0.6 is 15.9 Å². The SMILES string of the molecule is O=C(/C=C/CF)Nc1ccc(Br)cc1C(=O)O. The summed E-state index contributed by atoms with van der Waals surface area (Å²) < 4.78 is 12.4. The predicted octanol–water partition coefficient (Wildman–Crippen LogP) is 2.61. The topological polar surface area (TPSA) is 66.4 Å². The molecule has 1 aromatic rings. The largest absolute Gasteiger partial charge is 0.478 e. The predicted molar refractivity (Wildman–Crippen MR) is 64.8 cm³/mol. The molecule has 0 unspecified atom stereocenters. The van der Waals surface area contributed by atoms with Crippen LogP contribution in [-0.2, 0) is 4.79 Å². The van der Waals surface area contributed by atoms with Gasteiger partial charge in [0, 0.05) is 10.5 Å². The van der Waals surface area contributed by atoms with E-state index in [0.29, 0.717) is 4.47 Å². The molecule has 0 aliphatic rings. The Morgan fingerprint density at radius 1 is 1.47 bits per heavy atom. The van der Waals surface area contributed by atoms with Gasteiger partial charge in [0.25, 0.3) is 0 Å². The summed E-state index contributed by atoms with van der Waals surface area (Å²) in [5, 5.41) is 11.3. The normalized spacial score (nSPS) is 10.5. The molecule has 0 aliphatic carbocycles. The number of nitrogens with one attached hydrogen (secondary N) is 1. The van der Waals surface area contributed by atoms with E-state index in [0.717, 1.165) is 12.2 Å². The van der Waals surface area contributed by atoms with Crippen molar-refractivity contribution in [2.24, 2.45) is 0 Å². The second-order valence-corrected chi connectivity index (χ2v) is 3.96. The van der Waals surface area contributed by atoms with Crippen LogP contribution in [0.2, 0.25) is 0 Å². The van der Waals surface area contributed by atoms with Crippen molar-refractivity contribution in [1.82, 2.24) is 0 Å². The Morgan fingerprint density at radius 2 is 2.18 bits per heavy atom. The summed E-state index contributed by atoms with van der Waals surface area (Å²) in [5.74, 6) is -1.73. The van der Waals surface area contributed by atoms with E-state index in [1.165, 1.54) is 12.1 Å². The molecule has 1 rings (SSSR count). The quantitative estimate of drug-likeness (QED) is 0.840. The molecule has 1 amide bonds. The lowest BCUT2D eigenvalue weighted by Gasteiger charge is -2.06. The minimum Gasteiger partial charge on any atom is -0.478 e. The van der Waals surface area contributed by atoms with Crippen molar-refractivity contribution in [3.8, 4) is 0 Å². The molecule has 0 saturated carbocycles. The third kappa shape index (κ3) is 3.99. The fourth-order valence-corrected chi connectivity index (χ4v) is 1.49. The number of amides is 1. The summed E-state index contributed by atoms with van der Waals surface area (Å²) in [6.07, 6.45) is 2.04. The summed E-state index contributed by atoms with van der Waals surface area (Å²) >= 11 is 3.13. The molecule has 1 aromatic carbocycles. The number of rotatable bonds is 4. The summed E-state index contributed by atoms with van der Waals surface area (Å²) in [7, 11) is 0. The van der Waals surface area contributed by atoms with Crippen LogP contribution in [0.5, 0.6) is 0 Å². The lowest BCUT2D eigenvalue weighted by molar-refractivity contribution is -0.111. The van der Waals surface area contributed by atoms with Crippen LogP contribution in [0.1, 0.15) is 10.4 Å². The maximum Gasteiger partial charge on any atom is 0.337 e. The summed E-state index contributed by atoms with van der Waals surface area (Å²) in [6, 6.07) is 4.42. The highest BCUT2D eigenvalue weighted by Gasteiger charge is 2.11. The number of allylic oxidation sites excluding steroid dienone is 1. The number of halogens is 2. The first-order valence-corrected chi connectivity index (χ1v) is 5.40. The number of hydrogen-bond acceptors (Lipinski definition) is 2. The summed E-state index contributed by atoms with van der Waals surface area (Å²) in [5.41, 5.74) is 0.121. The average Bonchev–Trinajstić information content (AvgIpc) is 2.28. The Morgan fingerprint density at radius 3 is 2.76 bits per heavy atom. The number of carboxylic acids is 1. The van der Waals surface area contributed by atoms with E-state index >= 15 is 0 Å². The molecule has 2 N–H and O–H groups in total. The smallest absolute Gasteiger partial charge is 0.337 e. The average molecular weight is 302 g/mol. The van der Waals surface area contributed by atoms with Crippen molar-refractivity contribution < 1.29 is 19.1 Å². The first-order chi connectivity index (χ1) is 8.04. The molecule has 6 heteroatoms. The highest BCUT2D eigenvalue weighted by molar-refractivity contribution is 9.10. The maximum absolute atomic E-state index is 11.8. The van der Waals surface area contributed by atoms with Gasteiger partial charge in [-0.1, -0.05) is 15.9 Å². The van der Waals surface area contributed by atoms with Gasteiger partial charge >= 0.3 is 5.97 Å². The number of carbonyl (C=O) groups is 2. The Bertz CT molecular complexity index is 474. The Balaban J connectivity index is 2.94. The van der Waals surface area contributed by atoms with Crippen LogP contribution in [0.4, 0.5) is 10.1 Å². The minimum atomic E-state index is -1.16. The molecule has 0 aromatic heterocycles. The van der Waals surface area contributed by atoms with Gasteiger partial charge in [-0.05, 0) is 24.3 Å². The Hall–Kier alpha value is -1.69. The van der Waals surface area contributed by atoms with Gasteiger partial charge in [-0.15, -0.1) is 0 Å². The van der Waals surface area contributed by atoms with Crippen LogP contribution < -0.4 is 5.32 Å². The van der Waals surface area contributed by atoms with Gasteiger partial charge in [-0.3, -0.25) is 4.79 Å². The third-order valence-corrected chi connectivity index (χ3v) is 2.32. The molecule has 0 bridgehead atoms. The zero-order valence-corrected chi connectivity index (χ0v) is 10.2. The van der Waals surface area contributed by atoms with Crippen LogP contribution in [0.25, 0.3) is 0 Å². The summed E-state index contributed by atoms with van der Waals surface area (Å²) in [4.78, 5) is 22.2. The number of benzene rings is 1. The number of anilines is 1. The fourth-order valence-electron chi connectivity index (χ4n) is 1.13. The molecule has 0 atom stereocenters. The molecule has 90 valence electrons. The molecule has 0 radical (unpaired) electrons. The molecule has 0 spiro atoms. The van der Waals surface area contributed by atoms with Crippen molar-refractivity contribution >= 4 is 33.5 Å². The van der Waals surface area contributed by atoms with E-state index in [-0.39, 0.29) is 11.3 Å². The molecular weight excluding hydrogens is 293 g/mol. The van der Waals surface area contributed by atoms with E-state index in [1.807, 2.05) is 0 Å². The summed E-state index contributed by atoms with van der Waals surface area (Å²) in [6.45, 7) is -0.750. The van der Waals surface area contributed by atoms with E-state index < -0.39 is 18.6 Å². The van der Waals surface area contributed by atoms with E-state index in [2.05, 4.69) is 21.2 Å². The van der Waals surface area contributed by atoms with Crippen molar-refractivity contribution in [1.29, 1.82) is 0 Å². The first kappa shape index (κ1) is 13.4. The second kappa shape index (κ2) is 6.15. The lowest BCUT2D eigenvalue weighted by Crippen LogP contribution is -2.12. The van der Waals surface area contributed by atoms with Crippen LogP contribution in [0.15, 0.2) is 34.8 Å². The second-order valence-electron chi connectivity index (χ2n) is 3.04. The molecule has 4 nitrogen and oxygen atoms in total. The zero-order chi connectivity index (χ0) is 12.8. The number of alkyl halides is 1. The first-order valence-electron chi connectivity index (χ1n) is 4.61. The van der Waals surface area contributed by atoms with Gasteiger partial charge in [0.2, 0.25) is 5.91 Å². The highest BCUT2D eigenvalue weighted by Crippen LogP contribution is 2.21. The van der Waals surface area contributed by atoms with Crippen LogP contribution in [-0.4, -0.2) is 23.7 Å². The van der Waals surface area contributed by atoms with Gasteiger partial charge in [-0.25, -0.2) is 9.18 Å². The minimum absolute atomic E-state index is 0.0404. The molecule has 0 aliphatic heterocycles. The highest BCUT2D eigenvalue weighted by atomic mass is 79.9. The molecule has 0 fully saturated rings. The molecule has 0 heterocycles. The maximum atomic E-state index is 11.8. The zero-order valence-electron chi connectivity index (χ0n) is 8.61. The van der Waals surface area contributed by atoms with Crippen LogP contribution in [0, 0.1) is 0 Å². The van der Waals surface area contributed by atoms with Gasteiger partial charge in [0.05, 0.1) is 11.3 Å². The molecule has 17 heavy (non-hydrogen) atoms. The molecule has 0 saturated heterocycles. The Labute approximate surface area is 105 Å². The molecular formula is C11H9BrFNO3. The van der Waals surface area contributed by atoms with Crippen molar-refractivity contribution in [2.75, 3.05) is 12.0 Å². The number of carbonyl (C=O) groups excluding carboxylic acids is 1. The van der Waals surface area contributed by atoms with Gasteiger partial charge in [0.15, 0.2) is 0 Å². The standard InChI is InChI=1S/C11H9BrFNO3/c12-7-3-4-9(8(6-7)11(16)17)14-10(15)2-1-5-13/h1-4,6H,5H2,(H,14,15)(H,16,17)/b2-1+. The van der Waals surface area contributed by atoms with Crippen molar-refractivity contribution in [3.05, 3.63) is 40.4 Å². The monoisotopic (exact) mass is 301 g/mol.